The van der Waals surface area contributed by atoms with Gasteiger partial charge in [-0.1, -0.05) is 18.2 Å². The second-order valence-electron chi connectivity index (χ2n) is 6.58. The Bertz CT molecular complexity index is 1070. The molecule has 0 saturated carbocycles. The average molecular weight is 350 g/mol. The van der Waals surface area contributed by atoms with Crippen LogP contribution in [0.2, 0.25) is 0 Å². The number of benzene rings is 1. The third kappa shape index (κ3) is 2.28. The predicted octanol–water partition coefficient (Wildman–Crippen LogP) is 2.41. The van der Waals surface area contributed by atoms with Crippen molar-refractivity contribution in [2.24, 2.45) is 7.05 Å². The number of aromatic nitrogens is 3. The highest BCUT2D eigenvalue weighted by Crippen LogP contribution is 2.38. The highest BCUT2D eigenvalue weighted by molar-refractivity contribution is 6.15. The molecule has 3 aromatic rings. The van der Waals surface area contributed by atoms with Crippen molar-refractivity contribution in [1.82, 2.24) is 14.8 Å². The van der Waals surface area contributed by atoms with E-state index in [1.165, 1.54) is 0 Å². The number of anilines is 1. The minimum Gasteiger partial charge on any atom is -0.481 e. The lowest BCUT2D eigenvalue weighted by Crippen LogP contribution is -2.31. The summed E-state index contributed by atoms with van der Waals surface area (Å²) in [5.74, 6) is -1.88. The van der Waals surface area contributed by atoms with Crippen LogP contribution in [0.25, 0.3) is 11.0 Å². The Morgan fingerprint density at radius 2 is 1.96 bits per heavy atom. The molecule has 1 aliphatic heterocycles. The maximum atomic E-state index is 13.4. The first kappa shape index (κ1) is 16.3. The molecular formula is C19H18N4O3. The van der Waals surface area contributed by atoms with Crippen molar-refractivity contribution in [2.75, 3.05) is 11.4 Å². The zero-order chi connectivity index (χ0) is 18.6. The molecule has 0 spiro atoms. The highest BCUT2D eigenvalue weighted by Gasteiger charge is 2.37. The topological polar surface area (TPSA) is 88.3 Å². The van der Waals surface area contributed by atoms with Crippen molar-refractivity contribution >= 4 is 28.6 Å². The van der Waals surface area contributed by atoms with Crippen LogP contribution in [0.5, 0.6) is 0 Å². The molecule has 1 aromatic carbocycles. The molecule has 7 heteroatoms. The van der Waals surface area contributed by atoms with Crippen molar-refractivity contribution in [1.29, 1.82) is 0 Å². The number of aliphatic carboxylic acids is 1. The van der Waals surface area contributed by atoms with Crippen LogP contribution in [0, 0.1) is 13.8 Å². The van der Waals surface area contributed by atoms with E-state index in [0.29, 0.717) is 33.5 Å². The van der Waals surface area contributed by atoms with E-state index in [0.717, 1.165) is 5.69 Å². The fourth-order valence-electron chi connectivity index (χ4n) is 3.69. The van der Waals surface area contributed by atoms with Gasteiger partial charge < -0.3 is 10.0 Å². The number of hydrogen-bond acceptors (Lipinski definition) is 4. The van der Waals surface area contributed by atoms with E-state index in [4.69, 9.17) is 0 Å². The van der Waals surface area contributed by atoms with E-state index < -0.39 is 11.9 Å². The monoisotopic (exact) mass is 350 g/mol. The Hall–Kier alpha value is -3.22. The minimum atomic E-state index is -0.929. The Morgan fingerprint density at radius 3 is 2.69 bits per heavy atom. The number of para-hydroxylation sites is 1. The molecule has 26 heavy (non-hydrogen) atoms. The summed E-state index contributed by atoms with van der Waals surface area (Å²) in [5, 5.41) is 14.6. The maximum absolute atomic E-state index is 13.4. The number of carboxylic acids is 1. The lowest BCUT2D eigenvalue weighted by molar-refractivity contribution is -0.138. The molecule has 7 nitrogen and oxygen atoms in total. The third-order valence-electron chi connectivity index (χ3n) is 4.84. The molecule has 3 heterocycles. The van der Waals surface area contributed by atoms with Crippen LogP contribution < -0.4 is 4.90 Å². The van der Waals surface area contributed by atoms with Crippen molar-refractivity contribution in [3.63, 3.8) is 0 Å². The van der Waals surface area contributed by atoms with Crippen LogP contribution in [0.3, 0.4) is 0 Å². The van der Waals surface area contributed by atoms with Gasteiger partial charge in [-0.05, 0) is 31.5 Å². The molecule has 132 valence electrons. The van der Waals surface area contributed by atoms with E-state index >= 15 is 0 Å². The molecule has 1 aliphatic rings. The highest BCUT2D eigenvalue weighted by atomic mass is 16.4. The SMILES string of the molecule is Cc1cc(C(=O)N2CC(C(=O)O)c3ccccc32)c2c(C)nn(C)c2n1. The van der Waals surface area contributed by atoms with Gasteiger partial charge in [0.2, 0.25) is 0 Å². The number of nitrogens with zero attached hydrogens (tertiary/aromatic N) is 4. The summed E-state index contributed by atoms with van der Waals surface area (Å²) in [7, 11) is 1.79. The number of rotatable bonds is 2. The molecule has 0 saturated heterocycles. The van der Waals surface area contributed by atoms with E-state index in [2.05, 4.69) is 10.1 Å². The minimum absolute atomic E-state index is 0.121. The molecule has 0 radical (unpaired) electrons. The summed E-state index contributed by atoms with van der Waals surface area (Å²) < 4.78 is 1.66. The number of hydrogen-bond donors (Lipinski definition) is 1. The van der Waals surface area contributed by atoms with E-state index in [-0.39, 0.29) is 12.5 Å². The van der Waals surface area contributed by atoms with Gasteiger partial charge in [0.25, 0.3) is 5.91 Å². The largest absolute Gasteiger partial charge is 0.481 e. The van der Waals surface area contributed by atoms with Gasteiger partial charge in [-0.3, -0.25) is 14.3 Å². The molecular weight excluding hydrogens is 332 g/mol. The van der Waals surface area contributed by atoms with Crippen LogP contribution in [0.1, 0.15) is 33.2 Å². The van der Waals surface area contributed by atoms with E-state index in [1.807, 2.05) is 19.9 Å². The predicted molar refractivity (Wildman–Crippen MR) is 96.5 cm³/mol. The van der Waals surface area contributed by atoms with Gasteiger partial charge in [0.15, 0.2) is 5.65 Å². The summed E-state index contributed by atoms with van der Waals surface area (Å²) in [6.07, 6.45) is 0. The molecule has 1 amide bonds. The standard InChI is InChI=1S/C19H18N4O3/c1-10-8-13(16-11(2)21-22(3)17(16)20-10)18(24)23-9-14(19(25)26)12-6-4-5-7-15(12)23/h4-8,14H,9H2,1-3H3,(H,25,26). The lowest BCUT2D eigenvalue weighted by Gasteiger charge is -2.18. The van der Waals surface area contributed by atoms with Crippen molar-refractivity contribution in [3.8, 4) is 0 Å². The van der Waals surface area contributed by atoms with Crippen LogP contribution in [-0.2, 0) is 11.8 Å². The molecule has 1 unspecified atom stereocenters. The van der Waals surface area contributed by atoms with Gasteiger partial charge in [-0.25, -0.2) is 4.98 Å². The quantitative estimate of drug-likeness (QED) is 0.767. The van der Waals surface area contributed by atoms with Gasteiger partial charge >= 0.3 is 5.97 Å². The van der Waals surface area contributed by atoms with Crippen molar-refractivity contribution in [2.45, 2.75) is 19.8 Å². The van der Waals surface area contributed by atoms with Gasteiger partial charge in [0.05, 0.1) is 16.6 Å². The average Bonchev–Trinajstić information content (AvgIpc) is 3.12. The normalized spacial score (nSPS) is 16.1. The van der Waals surface area contributed by atoms with Gasteiger partial charge in [0.1, 0.15) is 5.92 Å². The molecule has 0 bridgehead atoms. The lowest BCUT2D eigenvalue weighted by atomic mass is 10.0. The fourth-order valence-corrected chi connectivity index (χ4v) is 3.69. The number of fused-ring (bicyclic) bond motifs is 2. The summed E-state index contributed by atoms with van der Waals surface area (Å²) in [6.45, 7) is 3.79. The molecule has 4 rings (SSSR count). The smallest absolute Gasteiger partial charge is 0.312 e. The summed E-state index contributed by atoms with van der Waals surface area (Å²) in [4.78, 5) is 31.0. The molecule has 0 fully saturated rings. The molecule has 1 atom stereocenters. The van der Waals surface area contributed by atoms with Crippen LogP contribution >= 0.6 is 0 Å². The first-order chi connectivity index (χ1) is 12.4. The Labute approximate surface area is 149 Å². The second-order valence-corrected chi connectivity index (χ2v) is 6.58. The molecule has 2 aromatic heterocycles. The Balaban J connectivity index is 1.87. The first-order valence-corrected chi connectivity index (χ1v) is 8.33. The first-order valence-electron chi connectivity index (χ1n) is 8.33. The van der Waals surface area contributed by atoms with E-state index in [9.17, 15) is 14.7 Å². The maximum Gasteiger partial charge on any atom is 0.312 e. The number of amides is 1. The van der Waals surface area contributed by atoms with Crippen LogP contribution in [0.15, 0.2) is 30.3 Å². The summed E-state index contributed by atoms with van der Waals surface area (Å²) in [5.41, 5.74) is 3.89. The number of carboxylic acid groups (broad SMARTS) is 1. The number of carbonyl (C=O) groups is 2. The summed E-state index contributed by atoms with van der Waals surface area (Å²) >= 11 is 0. The molecule has 0 aliphatic carbocycles. The zero-order valence-corrected chi connectivity index (χ0v) is 14.7. The fraction of sp³-hybridized carbons (Fsp3) is 0.263. The zero-order valence-electron chi connectivity index (χ0n) is 14.7. The van der Waals surface area contributed by atoms with Crippen LogP contribution in [0.4, 0.5) is 5.69 Å². The van der Waals surface area contributed by atoms with Crippen LogP contribution in [-0.4, -0.2) is 38.3 Å². The number of pyridine rings is 1. The Morgan fingerprint density at radius 1 is 1.23 bits per heavy atom. The van der Waals surface area contributed by atoms with Gasteiger partial charge in [0, 0.05) is 25.0 Å². The van der Waals surface area contributed by atoms with E-state index in [1.54, 1.807) is 40.9 Å². The van der Waals surface area contributed by atoms with Gasteiger partial charge in [-0.2, -0.15) is 5.10 Å². The second kappa shape index (κ2) is 5.66. The van der Waals surface area contributed by atoms with Crippen molar-refractivity contribution in [3.05, 3.63) is 52.8 Å². The Kier molecular flexibility index (Phi) is 3.54. The number of carbonyl (C=O) groups excluding carboxylic acids is 1. The van der Waals surface area contributed by atoms with Crippen molar-refractivity contribution < 1.29 is 14.7 Å². The summed E-state index contributed by atoms with van der Waals surface area (Å²) in [6, 6.07) is 8.91. The third-order valence-corrected chi connectivity index (χ3v) is 4.84. The molecule has 1 N–H and O–H groups in total. The number of aryl methyl sites for hydroxylation is 3. The van der Waals surface area contributed by atoms with Gasteiger partial charge in [-0.15, -0.1) is 0 Å².